The van der Waals surface area contributed by atoms with Crippen molar-refractivity contribution in [3.63, 3.8) is 0 Å². The molecule has 6 nitrogen and oxygen atoms in total. The smallest absolute Gasteiger partial charge is 0.131 e. The minimum absolute atomic E-state index is 0.682. The van der Waals surface area contributed by atoms with Gasteiger partial charge >= 0.3 is 0 Å². The van der Waals surface area contributed by atoms with Gasteiger partial charge in [0.25, 0.3) is 0 Å². The van der Waals surface area contributed by atoms with Gasteiger partial charge in [0.1, 0.15) is 29.5 Å². The molecule has 3 rings (SSSR count). The third-order valence-electron chi connectivity index (χ3n) is 4.19. The van der Waals surface area contributed by atoms with Crippen LogP contribution in [0, 0.1) is 0 Å². The summed E-state index contributed by atoms with van der Waals surface area (Å²) < 4.78 is 10.6. The lowest BCUT2D eigenvalue weighted by atomic mass is 10.1. The largest absolute Gasteiger partial charge is 0.497 e. The second-order valence-corrected chi connectivity index (χ2v) is 5.98. The molecule has 0 amide bonds. The first-order valence-corrected chi connectivity index (χ1v) is 8.83. The van der Waals surface area contributed by atoms with Crippen LogP contribution in [0.4, 0.5) is 11.6 Å². The van der Waals surface area contributed by atoms with E-state index in [9.17, 15) is 0 Å². The molecule has 0 aliphatic rings. The first-order valence-electron chi connectivity index (χ1n) is 8.83. The number of hydrogen-bond donors (Lipinski definition) is 2. The summed E-state index contributed by atoms with van der Waals surface area (Å²) >= 11 is 0. The molecule has 0 unspecified atom stereocenters. The first kappa shape index (κ1) is 18.5. The van der Waals surface area contributed by atoms with Crippen molar-refractivity contribution in [2.45, 2.75) is 13.0 Å². The van der Waals surface area contributed by atoms with E-state index in [1.54, 1.807) is 20.5 Å². The topological polar surface area (TPSA) is 68.3 Å². The Balaban J connectivity index is 1.52. The van der Waals surface area contributed by atoms with Gasteiger partial charge in [0.15, 0.2) is 0 Å². The molecule has 27 heavy (non-hydrogen) atoms. The van der Waals surface area contributed by atoms with Crippen LogP contribution in [0.2, 0.25) is 0 Å². The maximum atomic E-state index is 5.38. The van der Waals surface area contributed by atoms with Gasteiger partial charge in [-0.25, -0.2) is 9.97 Å². The van der Waals surface area contributed by atoms with Crippen molar-refractivity contribution < 1.29 is 9.47 Å². The van der Waals surface area contributed by atoms with E-state index < -0.39 is 0 Å². The Morgan fingerprint density at radius 2 is 1.59 bits per heavy atom. The van der Waals surface area contributed by atoms with E-state index in [4.69, 9.17) is 9.47 Å². The molecule has 0 aliphatic carbocycles. The standard InChI is InChI=1S/C21H24N4O2/c1-26-18-9-7-16(8-10-18)14-23-21-13-20(24-15-25-21)22-12-11-17-5-3-4-6-19(17)27-2/h3-10,13,15H,11-12,14H2,1-2H3,(H2,22,23,24,25). The molecule has 0 aliphatic heterocycles. The van der Waals surface area contributed by atoms with Gasteiger partial charge in [-0.15, -0.1) is 0 Å². The molecular formula is C21H24N4O2. The van der Waals surface area contributed by atoms with Gasteiger partial charge in [-0.3, -0.25) is 0 Å². The van der Waals surface area contributed by atoms with Gasteiger partial charge in [-0.05, 0) is 35.7 Å². The summed E-state index contributed by atoms with van der Waals surface area (Å²) in [5, 5.41) is 6.65. The fraction of sp³-hybridized carbons (Fsp3) is 0.238. The summed E-state index contributed by atoms with van der Waals surface area (Å²) in [5.74, 6) is 3.32. The van der Waals surface area contributed by atoms with Crippen molar-refractivity contribution in [3.05, 3.63) is 72.1 Å². The predicted molar refractivity (Wildman–Crippen MR) is 108 cm³/mol. The van der Waals surface area contributed by atoms with Gasteiger partial charge in [-0.1, -0.05) is 30.3 Å². The molecule has 0 radical (unpaired) electrons. The van der Waals surface area contributed by atoms with Crippen molar-refractivity contribution in [3.8, 4) is 11.5 Å². The molecule has 140 valence electrons. The van der Waals surface area contributed by atoms with E-state index >= 15 is 0 Å². The number of nitrogens with zero attached hydrogens (tertiary/aromatic N) is 2. The lowest BCUT2D eigenvalue weighted by Crippen LogP contribution is -2.08. The van der Waals surface area contributed by atoms with Crippen LogP contribution in [0.5, 0.6) is 11.5 Å². The van der Waals surface area contributed by atoms with Crippen LogP contribution >= 0.6 is 0 Å². The fourth-order valence-corrected chi connectivity index (χ4v) is 2.72. The Bertz CT molecular complexity index is 853. The van der Waals surface area contributed by atoms with Crippen LogP contribution < -0.4 is 20.1 Å². The molecule has 0 atom stereocenters. The molecule has 1 aromatic heterocycles. The molecule has 0 saturated heterocycles. The van der Waals surface area contributed by atoms with Gasteiger partial charge in [0.05, 0.1) is 14.2 Å². The Morgan fingerprint density at radius 1 is 0.852 bits per heavy atom. The molecule has 0 fully saturated rings. The van der Waals surface area contributed by atoms with Crippen LogP contribution in [0.1, 0.15) is 11.1 Å². The number of nitrogens with one attached hydrogen (secondary N) is 2. The highest BCUT2D eigenvalue weighted by Crippen LogP contribution is 2.18. The van der Waals surface area contributed by atoms with E-state index in [0.29, 0.717) is 6.54 Å². The average Bonchev–Trinajstić information content (AvgIpc) is 2.73. The summed E-state index contributed by atoms with van der Waals surface area (Å²) in [5.41, 5.74) is 2.32. The van der Waals surface area contributed by atoms with Crippen molar-refractivity contribution in [2.24, 2.45) is 0 Å². The normalized spacial score (nSPS) is 10.3. The van der Waals surface area contributed by atoms with Crippen molar-refractivity contribution in [2.75, 3.05) is 31.4 Å². The molecular weight excluding hydrogens is 340 g/mol. The maximum absolute atomic E-state index is 5.38. The van der Waals surface area contributed by atoms with Crippen molar-refractivity contribution in [1.29, 1.82) is 0 Å². The van der Waals surface area contributed by atoms with E-state index in [1.807, 2.05) is 48.5 Å². The van der Waals surface area contributed by atoms with Gasteiger partial charge in [0, 0.05) is 19.2 Å². The second kappa shape index (κ2) is 9.43. The average molecular weight is 364 g/mol. The molecule has 0 saturated carbocycles. The summed E-state index contributed by atoms with van der Waals surface area (Å²) in [6.07, 6.45) is 2.41. The van der Waals surface area contributed by atoms with Crippen molar-refractivity contribution >= 4 is 11.6 Å². The number of hydrogen-bond acceptors (Lipinski definition) is 6. The third-order valence-corrected chi connectivity index (χ3v) is 4.19. The van der Waals surface area contributed by atoms with Crippen LogP contribution in [0.3, 0.4) is 0 Å². The SMILES string of the molecule is COc1ccc(CNc2cc(NCCc3ccccc3OC)ncn2)cc1. The lowest BCUT2D eigenvalue weighted by molar-refractivity contribution is 0.410. The van der Waals surface area contributed by atoms with E-state index in [1.165, 1.54) is 5.56 Å². The van der Waals surface area contributed by atoms with Gasteiger partial charge in [-0.2, -0.15) is 0 Å². The Kier molecular flexibility index (Phi) is 6.46. The van der Waals surface area contributed by atoms with Crippen LogP contribution in [-0.2, 0) is 13.0 Å². The maximum Gasteiger partial charge on any atom is 0.131 e. The Labute approximate surface area is 159 Å². The highest BCUT2D eigenvalue weighted by molar-refractivity contribution is 5.47. The molecule has 2 N–H and O–H groups in total. The number of para-hydroxylation sites is 1. The summed E-state index contributed by atoms with van der Waals surface area (Å²) in [7, 11) is 3.36. The van der Waals surface area contributed by atoms with Gasteiger partial charge in [0.2, 0.25) is 0 Å². The fourth-order valence-electron chi connectivity index (χ4n) is 2.72. The lowest BCUT2D eigenvalue weighted by Gasteiger charge is -2.10. The zero-order valence-electron chi connectivity index (χ0n) is 15.6. The summed E-state index contributed by atoms with van der Waals surface area (Å²) in [6.45, 7) is 1.44. The van der Waals surface area contributed by atoms with Gasteiger partial charge < -0.3 is 20.1 Å². The van der Waals surface area contributed by atoms with E-state index in [-0.39, 0.29) is 0 Å². The molecule has 2 aromatic carbocycles. The minimum atomic E-state index is 0.682. The Hall–Kier alpha value is -3.28. The Morgan fingerprint density at radius 3 is 2.33 bits per heavy atom. The molecule has 1 heterocycles. The molecule has 6 heteroatoms. The minimum Gasteiger partial charge on any atom is -0.497 e. The number of methoxy groups -OCH3 is 2. The van der Waals surface area contributed by atoms with Crippen molar-refractivity contribution in [1.82, 2.24) is 9.97 Å². The van der Waals surface area contributed by atoms with Crippen LogP contribution in [-0.4, -0.2) is 30.7 Å². The number of rotatable bonds is 9. The first-order chi connectivity index (χ1) is 13.3. The quantitative estimate of drug-likeness (QED) is 0.603. The number of anilines is 2. The van der Waals surface area contributed by atoms with E-state index in [0.717, 1.165) is 41.7 Å². The molecule has 0 bridgehead atoms. The highest BCUT2D eigenvalue weighted by Gasteiger charge is 2.03. The van der Waals surface area contributed by atoms with Crippen LogP contribution in [0.15, 0.2) is 60.9 Å². The number of ether oxygens (including phenoxy) is 2. The molecule has 3 aromatic rings. The van der Waals surface area contributed by atoms with E-state index in [2.05, 4.69) is 26.7 Å². The summed E-state index contributed by atoms with van der Waals surface area (Å²) in [6, 6.07) is 17.9. The second-order valence-electron chi connectivity index (χ2n) is 5.98. The monoisotopic (exact) mass is 364 g/mol. The predicted octanol–water partition coefficient (Wildman–Crippen LogP) is 3.76. The zero-order chi connectivity index (χ0) is 18.9. The third kappa shape index (κ3) is 5.34. The number of aromatic nitrogens is 2. The zero-order valence-corrected chi connectivity index (χ0v) is 15.6. The van der Waals surface area contributed by atoms with Crippen LogP contribution in [0.25, 0.3) is 0 Å². The molecule has 0 spiro atoms. The summed E-state index contributed by atoms with van der Waals surface area (Å²) in [4.78, 5) is 8.56. The number of benzene rings is 2. The highest BCUT2D eigenvalue weighted by atomic mass is 16.5.